The van der Waals surface area contributed by atoms with Crippen LogP contribution in [0.25, 0.3) is 10.8 Å². The van der Waals surface area contributed by atoms with Crippen LogP contribution >= 0.6 is 0 Å². The molecule has 0 saturated heterocycles. The first-order valence-electron chi connectivity index (χ1n) is 8.09. The molecular formula is C22H13F5. The summed E-state index contributed by atoms with van der Waals surface area (Å²) in [4.78, 5) is 0. The second-order valence-corrected chi connectivity index (χ2v) is 5.92. The lowest BCUT2D eigenvalue weighted by molar-refractivity contribution is 0.477. The van der Waals surface area contributed by atoms with Crippen LogP contribution in [0.3, 0.4) is 0 Å². The minimum Gasteiger partial charge on any atom is -0.207 e. The molecule has 3 aromatic rings. The van der Waals surface area contributed by atoms with E-state index in [0.717, 1.165) is 18.2 Å². The minimum absolute atomic E-state index is 0.00140. The third-order valence-electron chi connectivity index (χ3n) is 4.07. The average Bonchev–Trinajstić information content (AvgIpc) is 2.64. The van der Waals surface area contributed by atoms with Crippen molar-refractivity contribution in [3.8, 4) is 11.8 Å². The molecule has 0 aliphatic rings. The molecule has 3 rings (SSSR count). The summed E-state index contributed by atoms with van der Waals surface area (Å²) in [5.41, 5.74) is -0.400. The van der Waals surface area contributed by atoms with Gasteiger partial charge >= 0.3 is 0 Å². The van der Waals surface area contributed by atoms with Crippen LogP contribution in [0, 0.1) is 40.9 Å². The van der Waals surface area contributed by atoms with Crippen LogP contribution in [0.1, 0.15) is 23.1 Å². The normalized spacial score (nSPS) is 10.6. The van der Waals surface area contributed by atoms with E-state index >= 15 is 0 Å². The Bertz CT molecular complexity index is 1100. The summed E-state index contributed by atoms with van der Waals surface area (Å²) in [5.74, 6) is -0.358. The molecular weight excluding hydrogens is 359 g/mol. The number of hydrogen-bond donors (Lipinski definition) is 0. The van der Waals surface area contributed by atoms with Gasteiger partial charge in [0.2, 0.25) is 0 Å². The van der Waals surface area contributed by atoms with Crippen molar-refractivity contribution in [2.75, 3.05) is 0 Å². The third kappa shape index (κ3) is 3.85. The van der Waals surface area contributed by atoms with Gasteiger partial charge in [-0.1, -0.05) is 24.0 Å². The SMILES string of the molecule is C=CCCc1c(F)cc(C#Cc2ccc3cc(F)c(F)cc3c2)c(F)c1F. The van der Waals surface area contributed by atoms with Gasteiger partial charge in [0.1, 0.15) is 5.82 Å². The van der Waals surface area contributed by atoms with Crippen LogP contribution in [0.15, 0.2) is 49.1 Å². The fraction of sp³-hybridized carbons (Fsp3) is 0.0909. The highest BCUT2D eigenvalue weighted by Gasteiger charge is 2.17. The van der Waals surface area contributed by atoms with Crippen molar-refractivity contribution >= 4 is 10.8 Å². The first-order valence-corrected chi connectivity index (χ1v) is 8.09. The van der Waals surface area contributed by atoms with Gasteiger partial charge in [0, 0.05) is 11.1 Å². The van der Waals surface area contributed by atoms with E-state index in [2.05, 4.69) is 18.4 Å². The lowest BCUT2D eigenvalue weighted by Crippen LogP contribution is -2.02. The van der Waals surface area contributed by atoms with Crippen LogP contribution in [-0.4, -0.2) is 0 Å². The van der Waals surface area contributed by atoms with Gasteiger partial charge in [0.25, 0.3) is 0 Å². The highest BCUT2D eigenvalue weighted by atomic mass is 19.2. The maximum Gasteiger partial charge on any atom is 0.174 e. The lowest BCUT2D eigenvalue weighted by atomic mass is 10.0. The molecule has 0 radical (unpaired) electrons. The zero-order valence-electron chi connectivity index (χ0n) is 14.1. The number of benzene rings is 3. The van der Waals surface area contributed by atoms with E-state index in [1.54, 1.807) is 0 Å². The second-order valence-electron chi connectivity index (χ2n) is 5.92. The van der Waals surface area contributed by atoms with Gasteiger partial charge in [0.15, 0.2) is 23.3 Å². The molecule has 0 aliphatic heterocycles. The predicted molar refractivity (Wildman–Crippen MR) is 94.7 cm³/mol. The zero-order valence-corrected chi connectivity index (χ0v) is 14.1. The fourth-order valence-corrected chi connectivity index (χ4v) is 2.66. The summed E-state index contributed by atoms with van der Waals surface area (Å²) in [5, 5.41) is 0.868. The Morgan fingerprint density at radius 1 is 0.778 bits per heavy atom. The molecule has 5 heteroatoms. The summed E-state index contributed by atoms with van der Waals surface area (Å²) in [7, 11) is 0. The lowest BCUT2D eigenvalue weighted by Gasteiger charge is -2.06. The molecule has 0 unspecified atom stereocenters. The van der Waals surface area contributed by atoms with Gasteiger partial charge in [-0.3, -0.25) is 0 Å². The largest absolute Gasteiger partial charge is 0.207 e. The topological polar surface area (TPSA) is 0 Å². The zero-order chi connectivity index (χ0) is 19.6. The summed E-state index contributed by atoms with van der Waals surface area (Å²) < 4.78 is 68.9. The number of halogens is 5. The number of fused-ring (bicyclic) bond motifs is 1. The van der Waals surface area contributed by atoms with Crippen molar-refractivity contribution in [2.24, 2.45) is 0 Å². The van der Waals surface area contributed by atoms with E-state index in [4.69, 9.17) is 0 Å². The maximum atomic E-state index is 14.2. The molecule has 0 amide bonds. The van der Waals surface area contributed by atoms with E-state index in [1.165, 1.54) is 24.3 Å². The van der Waals surface area contributed by atoms with Gasteiger partial charge in [-0.15, -0.1) is 6.58 Å². The van der Waals surface area contributed by atoms with Gasteiger partial charge in [-0.25, -0.2) is 22.0 Å². The van der Waals surface area contributed by atoms with Crippen molar-refractivity contribution < 1.29 is 22.0 Å². The predicted octanol–water partition coefficient (Wildman–Crippen LogP) is 6.05. The Kier molecular flexibility index (Phi) is 5.27. The van der Waals surface area contributed by atoms with E-state index in [1.807, 2.05) is 0 Å². The van der Waals surface area contributed by atoms with E-state index in [9.17, 15) is 22.0 Å². The number of rotatable bonds is 3. The Labute approximate surface area is 152 Å². The molecule has 27 heavy (non-hydrogen) atoms. The first-order chi connectivity index (χ1) is 12.9. The molecule has 0 fully saturated rings. The quantitative estimate of drug-likeness (QED) is 0.227. The van der Waals surface area contributed by atoms with E-state index < -0.39 is 34.6 Å². The van der Waals surface area contributed by atoms with Crippen LogP contribution < -0.4 is 0 Å². The molecule has 136 valence electrons. The summed E-state index contributed by atoms with van der Waals surface area (Å²) in [6.45, 7) is 3.46. The summed E-state index contributed by atoms with van der Waals surface area (Å²) in [6, 6.07) is 7.44. The van der Waals surface area contributed by atoms with Gasteiger partial charge < -0.3 is 0 Å². The van der Waals surface area contributed by atoms with Gasteiger partial charge in [0.05, 0.1) is 5.56 Å². The van der Waals surface area contributed by atoms with Crippen molar-refractivity contribution in [1.82, 2.24) is 0 Å². The van der Waals surface area contributed by atoms with Gasteiger partial charge in [-0.2, -0.15) is 0 Å². The molecule has 0 spiro atoms. The Hall–Kier alpha value is -3.13. The Morgan fingerprint density at radius 3 is 2.19 bits per heavy atom. The van der Waals surface area contributed by atoms with Crippen molar-refractivity contribution in [3.63, 3.8) is 0 Å². The Balaban J connectivity index is 1.99. The third-order valence-corrected chi connectivity index (χ3v) is 4.07. The second kappa shape index (κ2) is 7.63. The standard InChI is InChI=1S/C22H13F5/c1-2-3-4-17-18(23)11-15(21(26)22(17)27)8-6-13-5-7-14-10-19(24)20(25)12-16(14)9-13/h2,5,7,9-12H,1,3-4H2. The molecule has 0 aliphatic carbocycles. The molecule has 0 saturated carbocycles. The fourth-order valence-electron chi connectivity index (χ4n) is 2.66. The van der Waals surface area contributed by atoms with Crippen LogP contribution in [0.2, 0.25) is 0 Å². The highest BCUT2D eigenvalue weighted by Crippen LogP contribution is 2.22. The van der Waals surface area contributed by atoms with Crippen LogP contribution in [-0.2, 0) is 6.42 Å². The summed E-state index contributed by atoms with van der Waals surface area (Å²) >= 11 is 0. The van der Waals surface area contributed by atoms with Crippen molar-refractivity contribution in [2.45, 2.75) is 12.8 Å². The van der Waals surface area contributed by atoms with Crippen molar-refractivity contribution in [1.29, 1.82) is 0 Å². The maximum absolute atomic E-state index is 14.2. The smallest absolute Gasteiger partial charge is 0.174 e. The van der Waals surface area contributed by atoms with Crippen LogP contribution in [0.4, 0.5) is 22.0 Å². The van der Waals surface area contributed by atoms with E-state index in [0.29, 0.717) is 22.8 Å². The molecule has 0 heterocycles. The first kappa shape index (κ1) is 18.7. The van der Waals surface area contributed by atoms with Crippen LogP contribution in [0.5, 0.6) is 0 Å². The van der Waals surface area contributed by atoms with Crippen molar-refractivity contribution in [3.05, 3.63) is 94.8 Å². The molecule has 0 aromatic heterocycles. The highest BCUT2D eigenvalue weighted by molar-refractivity contribution is 5.84. The Morgan fingerprint density at radius 2 is 1.48 bits per heavy atom. The average molecular weight is 372 g/mol. The minimum atomic E-state index is -1.27. The number of allylic oxidation sites excluding steroid dienone is 1. The number of hydrogen-bond acceptors (Lipinski definition) is 0. The molecule has 3 aromatic carbocycles. The molecule has 0 nitrogen and oxygen atoms in total. The molecule has 0 bridgehead atoms. The molecule has 0 atom stereocenters. The van der Waals surface area contributed by atoms with E-state index in [-0.39, 0.29) is 12.0 Å². The monoisotopic (exact) mass is 372 g/mol. The van der Waals surface area contributed by atoms with Gasteiger partial charge in [-0.05, 0) is 53.9 Å². The molecule has 0 N–H and O–H groups in total. The summed E-state index contributed by atoms with van der Waals surface area (Å²) in [6.07, 6.45) is 1.80.